The summed E-state index contributed by atoms with van der Waals surface area (Å²) in [6, 6.07) is 8.40. The first kappa shape index (κ1) is 16.0. The number of β-amino-alcohol motifs (C(OH)–C–C–N with tert-alkyl or cyclic N) is 1. The van der Waals surface area contributed by atoms with E-state index in [1.54, 1.807) is 6.92 Å². The second kappa shape index (κ2) is 7.05. The minimum absolute atomic E-state index is 0.133. The van der Waals surface area contributed by atoms with E-state index < -0.39 is 6.10 Å². The highest BCUT2D eigenvalue weighted by Gasteiger charge is 2.25. The lowest BCUT2D eigenvalue weighted by molar-refractivity contribution is -0.130. The molecule has 1 N–H and O–H groups in total. The molecule has 0 saturated carbocycles. The maximum Gasteiger partial charge on any atom is 0.219 e. The summed E-state index contributed by atoms with van der Waals surface area (Å²) in [6.07, 6.45) is 1.53. The summed E-state index contributed by atoms with van der Waals surface area (Å²) in [5.41, 5.74) is 2.18. The van der Waals surface area contributed by atoms with Crippen LogP contribution in [0.3, 0.4) is 0 Å². The highest BCUT2D eigenvalue weighted by molar-refractivity contribution is 5.73. The van der Waals surface area contributed by atoms with Crippen molar-refractivity contribution in [1.82, 2.24) is 9.80 Å². The number of amides is 1. The largest absolute Gasteiger partial charge is 0.387 e. The monoisotopic (exact) mass is 290 g/mol. The van der Waals surface area contributed by atoms with Gasteiger partial charge in [-0.25, -0.2) is 0 Å². The van der Waals surface area contributed by atoms with Gasteiger partial charge in [0.2, 0.25) is 5.91 Å². The normalized spacial score (nSPS) is 18.5. The van der Waals surface area contributed by atoms with E-state index in [4.69, 9.17) is 0 Å². The number of aliphatic hydroxyl groups is 1. The molecule has 2 rings (SSSR count). The van der Waals surface area contributed by atoms with Crippen molar-refractivity contribution in [2.45, 2.75) is 38.8 Å². The summed E-state index contributed by atoms with van der Waals surface area (Å²) < 4.78 is 0. The number of aryl methyl sites for hydroxylation is 1. The van der Waals surface area contributed by atoms with Crippen molar-refractivity contribution in [2.75, 3.05) is 26.7 Å². The highest BCUT2D eigenvalue weighted by Crippen LogP contribution is 2.20. The van der Waals surface area contributed by atoms with Crippen molar-refractivity contribution in [2.24, 2.45) is 0 Å². The Hall–Kier alpha value is -1.39. The van der Waals surface area contributed by atoms with E-state index in [0.29, 0.717) is 12.6 Å². The highest BCUT2D eigenvalue weighted by atomic mass is 16.3. The predicted octanol–water partition coefficient (Wildman–Crippen LogP) is 1.97. The van der Waals surface area contributed by atoms with Crippen LogP contribution in [0.5, 0.6) is 0 Å². The summed E-state index contributed by atoms with van der Waals surface area (Å²) >= 11 is 0. The molecule has 1 heterocycles. The molecule has 1 unspecified atom stereocenters. The Morgan fingerprint density at radius 2 is 1.90 bits per heavy atom. The molecule has 4 nitrogen and oxygen atoms in total. The minimum Gasteiger partial charge on any atom is -0.387 e. The maximum absolute atomic E-state index is 11.4. The van der Waals surface area contributed by atoms with Gasteiger partial charge < -0.3 is 14.9 Å². The zero-order chi connectivity index (χ0) is 15.4. The molecule has 0 bridgehead atoms. The molecule has 1 fully saturated rings. The Labute approximate surface area is 127 Å². The number of piperidine rings is 1. The van der Waals surface area contributed by atoms with Crippen LogP contribution in [-0.2, 0) is 4.79 Å². The van der Waals surface area contributed by atoms with E-state index in [0.717, 1.165) is 31.5 Å². The smallest absolute Gasteiger partial charge is 0.219 e. The molecule has 0 spiro atoms. The Balaban J connectivity index is 1.83. The molecule has 21 heavy (non-hydrogen) atoms. The molecule has 1 aliphatic heterocycles. The van der Waals surface area contributed by atoms with Crippen LogP contribution >= 0.6 is 0 Å². The lowest BCUT2D eigenvalue weighted by Gasteiger charge is -2.37. The van der Waals surface area contributed by atoms with E-state index in [-0.39, 0.29) is 5.91 Å². The molecular weight excluding hydrogens is 264 g/mol. The van der Waals surface area contributed by atoms with Crippen molar-refractivity contribution in [3.8, 4) is 0 Å². The summed E-state index contributed by atoms with van der Waals surface area (Å²) in [4.78, 5) is 15.5. The minimum atomic E-state index is -0.437. The number of hydrogen-bond acceptors (Lipinski definition) is 3. The predicted molar refractivity (Wildman–Crippen MR) is 84.0 cm³/mol. The number of carbonyl (C=O) groups excluding carboxylic acids is 1. The number of rotatable bonds is 4. The van der Waals surface area contributed by atoms with Crippen LogP contribution in [0.15, 0.2) is 24.3 Å². The van der Waals surface area contributed by atoms with E-state index in [1.165, 1.54) is 5.56 Å². The van der Waals surface area contributed by atoms with Crippen LogP contribution < -0.4 is 0 Å². The summed E-state index contributed by atoms with van der Waals surface area (Å²) in [7, 11) is 1.88. The number of likely N-dealkylation sites (tertiary alicyclic amines) is 1. The molecule has 1 aromatic carbocycles. The zero-order valence-electron chi connectivity index (χ0n) is 13.2. The van der Waals surface area contributed by atoms with Gasteiger partial charge in [-0.1, -0.05) is 29.8 Å². The van der Waals surface area contributed by atoms with Crippen molar-refractivity contribution in [3.05, 3.63) is 35.4 Å². The van der Waals surface area contributed by atoms with Gasteiger partial charge in [0.05, 0.1) is 6.10 Å². The Kier molecular flexibility index (Phi) is 5.37. The van der Waals surface area contributed by atoms with Crippen molar-refractivity contribution in [3.63, 3.8) is 0 Å². The first-order chi connectivity index (χ1) is 9.97. The van der Waals surface area contributed by atoms with E-state index >= 15 is 0 Å². The van der Waals surface area contributed by atoms with Crippen molar-refractivity contribution >= 4 is 5.91 Å². The zero-order valence-corrected chi connectivity index (χ0v) is 13.2. The van der Waals surface area contributed by atoms with E-state index in [9.17, 15) is 9.90 Å². The quantitative estimate of drug-likeness (QED) is 0.922. The number of benzene rings is 1. The van der Waals surface area contributed by atoms with Crippen LogP contribution in [-0.4, -0.2) is 53.5 Å². The molecule has 0 radical (unpaired) electrons. The maximum atomic E-state index is 11.4. The average molecular weight is 290 g/mol. The van der Waals surface area contributed by atoms with Crippen LogP contribution in [0, 0.1) is 6.92 Å². The van der Waals surface area contributed by atoms with E-state index in [2.05, 4.69) is 4.90 Å². The van der Waals surface area contributed by atoms with Gasteiger partial charge in [0.15, 0.2) is 0 Å². The number of hydrogen-bond donors (Lipinski definition) is 1. The Morgan fingerprint density at radius 3 is 2.43 bits per heavy atom. The van der Waals surface area contributed by atoms with Gasteiger partial charge in [-0.2, -0.15) is 0 Å². The molecule has 0 aliphatic carbocycles. The fourth-order valence-electron chi connectivity index (χ4n) is 2.88. The third kappa shape index (κ3) is 4.29. The van der Waals surface area contributed by atoms with Crippen LogP contribution in [0.25, 0.3) is 0 Å². The summed E-state index contributed by atoms with van der Waals surface area (Å²) in [6.45, 7) is 6.20. The standard InChI is InChI=1S/C17H26N2O2/c1-13-4-6-15(7-5-13)17(21)12-19-10-8-16(9-11-19)18(3)14(2)20/h4-7,16-17,21H,8-12H2,1-3H3. The topological polar surface area (TPSA) is 43.8 Å². The van der Waals surface area contributed by atoms with Gasteiger partial charge in [0.25, 0.3) is 0 Å². The number of nitrogens with zero attached hydrogens (tertiary/aromatic N) is 2. The van der Waals surface area contributed by atoms with Crippen LogP contribution in [0.1, 0.15) is 37.0 Å². The van der Waals surface area contributed by atoms with Gasteiger partial charge in [-0.05, 0) is 25.3 Å². The third-order valence-corrected chi connectivity index (χ3v) is 4.49. The SMILES string of the molecule is CC(=O)N(C)C1CCN(CC(O)c2ccc(C)cc2)CC1. The number of aliphatic hydroxyl groups excluding tert-OH is 1. The van der Waals surface area contributed by atoms with Gasteiger partial charge in [0, 0.05) is 39.6 Å². The van der Waals surface area contributed by atoms with Gasteiger partial charge in [-0.3, -0.25) is 4.79 Å². The van der Waals surface area contributed by atoms with Gasteiger partial charge >= 0.3 is 0 Å². The summed E-state index contributed by atoms with van der Waals surface area (Å²) in [5, 5.41) is 10.3. The molecule has 116 valence electrons. The lowest BCUT2D eigenvalue weighted by atomic mass is 10.0. The Bertz CT molecular complexity index is 464. The molecule has 1 atom stereocenters. The van der Waals surface area contributed by atoms with Gasteiger partial charge in [-0.15, -0.1) is 0 Å². The number of carbonyl (C=O) groups is 1. The fraction of sp³-hybridized carbons (Fsp3) is 0.588. The third-order valence-electron chi connectivity index (χ3n) is 4.49. The molecule has 1 aliphatic rings. The van der Waals surface area contributed by atoms with Crippen LogP contribution in [0.4, 0.5) is 0 Å². The first-order valence-corrected chi connectivity index (χ1v) is 7.67. The molecule has 1 saturated heterocycles. The average Bonchev–Trinajstić information content (AvgIpc) is 2.47. The second-order valence-electron chi connectivity index (χ2n) is 6.09. The molecule has 1 aromatic rings. The fourth-order valence-corrected chi connectivity index (χ4v) is 2.88. The van der Waals surface area contributed by atoms with Crippen LogP contribution in [0.2, 0.25) is 0 Å². The molecule has 4 heteroatoms. The van der Waals surface area contributed by atoms with Gasteiger partial charge in [0.1, 0.15) is 0 Å². The lowest BCUT2D eigenvalue weighted by Crippen LogP contribution is -2.45. The molecular formula is C17H26N2O2. The summed E-state index contributed by atoms with van der Waals surface area (Å²) in [5.74, 6) is 0.133. The first-order valence-electron chi connectivity index (χ1n) is 7.67. The molecule has 0 aromatic heterocycles. The van der Waals surface area contributed by atoms with Crippen molar-refractivity contribution in [1.29, 1.82) is 0 Å². The van der Waals surface area contributed by atoms with Crippen molar-refractivity contribution < 1.29 is 9.90 Å². The molecule has 1 amide bonds. The second-order valence-corrected chi connectivity index (χ2v) is 6.09. The van der Waals surface area contributed by atoms with E-state index in [1.807, 2.05) is 43.1 Å². The Morgan fingerprint density at radius 1 is 1.33 bits per heavy atom.